The van der Waals surface area contributed by atoms with Crippen LogP contribution in [0.15, 0.2) is 64.2 Å². The van der Waals surface area contributed by atoms with Crippen molar-refractivity contribution in [3.63, 3.8) is 0 Å². The number of anilines is 1. The summed E-state index contributed by atoms with van der Waals surface area (Å²) in [4.78, 5) is 39.0. The Bertz CT molecular complexity index is 1020. The summed E-state index contributed by atoms with van der Waals surface area (Å²) in [6.07, 6.45) is 0. The summed E-state index contributed by atoms with van der Waals surface area (Å²) in [6.45, 7) is 0.193. The summed E-state index contributed by atoms with van der Waals surface area (Å²) < 4.78 is 5.69. The lowest BCUT2D eigenvalue weighted by Gasteiger charge is -2.08. The highest BCUT2D eigenvalue weighted by atomic mass is 16.5. The van der Waals surface area contributed by atoms with E-state index in [-0.39, 0.29) is 17.9 Å². The van der Waals surface area contributed by atoms with Gasteiger partial charge in [0.2, 0.25) is 0 Å². The van der Waals surface area contributed by atoms with Gasteiger partial charge in [-0.2, -0.15) is 0 Å². The predicted octanol–water partition coefficient (Wildman–Crippen LogP) is 1.37. The molecule has 0 radical (unpaired) electrons. The first kappa shape index (κ1) is 17.0. The molecule has 0 bridgehead atoms. The highest BCUT2D eigenvalue weighted by Gasteiger charge is 2.13. The van der Waals surface area contributed by atoms with E-state index in [1.54, 1.807) is 24.3 Å². The summed E-state index contributed by atoms with van der Waals surface area (Å²) in [5.41, 5.74) is 4.13. The SMILES string of the molecule is Nc1c(C(=O)NCc2ccc(Oc3ccccc3)cc2)[nH]c(=O)[nH]c1=O. The summed E-state index contributed by atoms with van der Waals surface area (Å²) in [5.74, 6) is 0.743. The van der Waals surface area contributed by atoms with Crippen LogP contribution in [0.25, 0.3) is 0 Å². The Kier molecular flexibility index (Phi) is 4.84. The van der Waals surface area contributed by atoms with Gasteiger partial charge in [-0.3, -0.25) is 14.6 Å². The van der Waals surface area contributed by atoms with Gasteiger partial charge < -0.3 is 20.8 Å². The van der Waals surface area contributed by atoms with Gasteiger partial charge in [0.1, 0.15) is 22.9 Å². The standard InChI is InChI=1S/C18H16N4O4/c19-14-15(21-18(25)22-16(14)23)17(24)20-10-11-6-8-13(9-7-11)26-12-4-2-1-3-5-12/h1-9H,10,19H2,(H,20,24)(H2,21,22,23,25). The lowest BCUT2D eigenvalue weighted by atomic mass is 10.2. The van der Waals surface area contributed by atoms with Crippen molar-refractivity contribution >= 4 is 11.6 Å². The van der Waals surface area contributed by atoms with Gasteiger partial charge in [-0.25, -0.2) is 4.79 Å². The summed E-state index contributed by atoms with van der Waals surface area (Å²) in [5, 5.41) is 2.60. The molecule has 0 aliphatic heterocycles. The van der Waals surface area contributed by atoms with Crippen LogP contribution in [0.2, 0.25) is 0 Å². The molecule has 1 heterocycles. The number of ether oxygens (including phenoxy) is 1. The molecular weight excluding hydrogens is 336 g/mol. The average molecular weight is 352 g/mol. The Balaban J connectivity index is 1.64. The van der Waals surface area contributed by atoms with Crippen molar-refractivity contribution in [2.24, 2.45) is 0 Å². The minimum absolute atomic E-state index is 0.193. The Morgan fingerprint density at radius 2 is 1.62 bits per heavy atom. The highest BCUT2D eigenvalue weighted by molar-refractivity contribution is 5.96. The predicted molar refractivity (Wildman–Crippen MR) is 96.2 cm³/mol. The van der Waals surface area contributed by atoms with E-state index in [0.29, 0.717) is 5.75 Å². The van der Waals surface area contributed by atoms with Crippen molar-refractivity contribution < 1.29 is 9.53 Å². The van der Waals surface area contributed by atoms with Crippen LogP contribution < -0.4 is 27.0 Å². The van der Waals surface area contributed by atoms with Crippen molar-refractivity contribution in [3.05, 3.63) is 86.7 Å². The number of carbonyl (C=O) groups is 1. The molecule has 0 atom stereocenters. The van der Waals surface area contributed by atoms with Gasteiger partial charge >= 0.3 is 5.69 Å². The van der Waals surface area contributed by atoms with E-state index in [2.05, 4.69) is 10.3 Å². The van der Waals surface area contributed by atoms with Gasteiger partial charge in [0, 0.05) is 6.54 Å². The number of hydrogen-bond acceptors (Lipinski definition) is 5. The zero-order valence-electron chi connectivity index (χ0n) is 13.6. The third-order valence-corrected chi connectivity index (χ3v) is 3.56. The van der Waals surface area contributed by atoms with Gasteiger partial charge in [-0.15, -0.1) is 0 Å². The van der Waals surface area contributed by atoms with Crippen LogP contribution in [0.5, 0.6) is 11.5 Å². The van der Waals surface area contributed by atoms with Crippen LogP contribution in [0, 0.1) is 0 Å². The fourth-order valence-electron chi connectivity index (χ4n) is 2.25. The maximum Gasteiger partial charge on any atom is 0.326 e. The van der Waals surface area contributed by atoms with Crippen molar-refractivity contribution in [3.8, 4) is 11.5 Å². The number of rotatable bonds is 5. The number of benzene rings is 2. The number of carbonyl (C=O) groups excluding carboxylic acids is 1. The van der Waals surface area contributed by atoms with Crippen LogP contribution in [-0.2, 0) is 6.54 Å². The quantitative estimate of drug-likeness (QED) is 0.551. The molecule has 2 aromatic carbocycles. The van der Waals surface area contributed by atoms with Crippen LogP contribution in [0.4, 0.5) is 5.69 Å². The van der Waals surface area contributed by atoms with Crippen molar-refractivity contribution in [1.82, 2.24) is 15.3 Å². The molecule has 1 amide bonds. The van der Waals surface area contributed by atoms with Crippen molar-refractivity contribution in [1.29, 1.82) is 0 Å². The number of H-pyrrole nitrogens is 2. The maximum atomic E-state index is 12.1. The Morgan fingerprint density at radius 1 is 0.962 bits per heavy atom. The minimum Gasteiger partial charge on any atom is -0.457 e. The molecule has 0 unspecified atom stereocenters. The van der Waals surface area contributed by atoms with Gasteiger partial charge in [0.05, 0.1) is 0 Å². The van der Waals surface area contributed by atoms with Crippen molar-refractivity contribution in [2.75, 3.05) is 5.73 Å². The van der Waals surface area contributed by atoms with Crippen LogP contribution >= 0.6 is 0 Å². The first-order valence-electron chi connectivity index (χ1n) is 7.75. The second-order valence-corrected chi connectivity index (χ2v) is 5.44. The zero-order chi connectivity index (χ0) is 18.5. The molecule has 0 saturated heterocycles. The lowest BCUT2D eigenvalue weighted by molar-refractivity contribution is 0.0946. The number of aromatic amines is 2. The first-order chi connectivity index (χ1) is 12.5. The number of nitrogens with one attached hydrogen (secondary N) is 3. The van der Waals surface area contributed by atoms with E-state index >= 15 is 0 Å². The van der Waals surface area contributed by atoms with Gasteiger partial charge in [-0.05, 0) is 29.8 Å². The zero-order valence-corrected chi connectivity index (χ0v) is 13.6. The molecule has 8 heteroatoms. The topological polar surface area (TPSA) is 130 Å². The molecule has 1 aromatic heterocycles. The van der Waals surface area contributed by atoms with E-state index in [4.69, 9.17) is 10.5 Å². The van der Waals surface area contributed by atoms with E-state index in [9.17, 15) is 14.4 Å². The molecular formula is C18H16N4O4. The normalized spacial score (nSPS) is 10.3. The van der Waals surface area contributed by atoms with E-state index in [0.717, 1.165) is 11.3 Å². The molecule has 0 saturated carbocycles. The molecule has 0 fully saturated rings. The van der Waals surface area contributed by atoms with Crippen molar-refractivity contribution in [2.45, 2.75) is 6.54 Å². The molecule has 3 rings (SSSR count). The molecule has 0 spiro atoms. The van der Waals surface area contributed by atoms with Gasteiger partial charge in [0.15, 0.2) is 0 Å². The molecule has 132 valence electrons. The summed E-state index contributed by atoms with van der Waals surface area (Å²) >= 11 is 0. The Labute approximate surface area is 147 Å². The van der Waals surface area contributed by atoms with Crippen LogP contribution in [-0.4, -0.2) is 15.9 Å². The maximum absolute atomic E-state index is 12.1. The number of nitrogens with two attached hydrogens (primary N) is 1. The van der Waals surface area contributed by atoms with Crippen LogP contribution in [0.3, 0.4) is 0 Å². The van der Waals surface area contributed by atoms with Gasteiger partial charge in [0.25, 0.3) is 11.5 Å². The fraction of sp³-hybridized carbons (Fsp3) is 0.0556. The fourth-order valence-corrected chi connectivity index (χ4v) is 2.25. The number of amides is 1. The third kappa shape index (κ3) is 3.99. The van der Waals surface area contributed by atoms with E-state index < -0.39 is 17.2 Å². The van der Waals surface area contributed by atoms with E-state index in [1.165, 1.54) is 0 Å². The lowest BCUT2D eigenvalue weighted by Crippen LogP contribution is -2.33. The van der Waals surface area contributed by atoms with E-state index in [1.807, 2.05) is 35.3 Å². The minimum atomic E-state index is -0.804. The molecule has 0 aliphatic carbocycles. The summed E-state index contributed by atoms with van der Waals surface area (Å²) in [7, 11) is 0. The smallest absolute Gasteiger partial charge is 0.326 e. The second kappa shape index (κ2) is 7.39. The number of aromatic nitrogens is 2. The largest absolute Gasteiger partial charge is 0.457 e. The van der Waals surface area contributed by atoms with Crippen LogP contribution in [0.1, 0.15) is 16.1 Å². The molecule has 3 aromatic rings. The number of para-hydroxylation sites is 1. The average Bonchev–Trinajstić information content (AvgIpc) is 2.64. The first-order valence-corrected chi connectivity index (χ1v) is 7.75. The van der Waals surface area contributed by atoms with Gasteiger partial charge in [-0.1, -0.05) is 30.3 Å². The third-order valence-electron chi connectivity index (χ3n) is 3.56. The second-order valence-electron chi connectivity index (χ2n) is 5.44. The molecule has 0 aliphatic rings. The summed E-state index contributed by atoms with van der Waals surface area (Å²) in [6, 6.07) is 16.5. The molecule has 5 N–H and O–H groups in total. The number of hydrogen-bond donors (Lipinski definition) is 4. The Morgan fingerprint density at radius 3 is 2.31 bits per heavy atom. The molecule has 26 heavy (non-hydrogen) atoms. The monoisotopic (exact) mass is 352 g/mol. The Hall–Kier alpha value is -3.81. The number of nitrogen functional groups attached to an aromatic ring is 1. The highest BCUT2D eigenvalue weighted by Crippen LogP contribution is 2.21. The molecule has 8 nitrogen and oxygen atoms in total.